The van der Waals surface area contributed by atoms with Crippen LogP contribution in [0, 0.1) is 5.92 Å². The summed E-state index contributed by atoms with van der Waals surface area (Å²) in [6.07, 6.45) is 6.99. The predicted molar refractivity (Wildman–Crippen MR) is 95.2 cm³/mol. The zero-order valence-electron chi connectivity index (χ0n) is 13.9. The Hall–Kier alpha value is -1.66. The van der Waals surface area contributed by atoms with Gasteiger partial charge in [0.2, 0.25) is 0 Å². The van der Waals surface area contributed by atoms with Gasteiger partial charge in [-0.05, 0) is 42.7 Å². The predicted octanol–water partition coefficient (Wildman–Crippen LogP) is 2.92. The molecule has 1 amide bonds. The molecule has 2 aliphatic rings. The van der Waals surface area contributed by atoms with Crippen LogP contribution in [0.4, 0.5) is 0 Å². The van der Waals surface area contributed by atoms with Crippen LogP contribution in [-0.4, -0.2) is 40.2 Å². The zero-order valence-corrected chi connectivity index (χ0v) is 14.7. The maximum absolute atomic E-state index is 12.1. The molecule has 1 unspecified atom stereocenters. The van der Waals surface area contributed by atoms with Crippen molar-refractivity contribution in [3.63, 3.8) is 0 Å². The Morgan fingerprint density at radius 2 is 2.29 bits per heavy atom. The Labute approximate surface area is 146 Å². The fraction of sp³-hybridized carbons (Fsp3) is 0.556. The van der Waals surface area contributed by atoms with Gasteiger partial charge in [-0.25, -0.2) is 0 Å². The lowest BCUT2D eigenvalue weighted by atomic mass is 9.85. The molecule has 6 heteroatoms. The van der Waals surface area contributed by atoms with E-state index in [0.717, 1.165) is 31.0 Å². The number of rotatable bonds is 6. The molecule has 128 valence electrons. The third kappa shape index (κ3) is 3.39. The van der Waals surface area contributed by atoms with Gasteiger partial charge in [-0.15, -0.1) is 0 Å². The molecule has 0 radical (unpaired) electrons. The molecule has 2 aromatic heterocycles. The zero-order chi connectivity index (χ0) is 16.4. The topological polar surface area (TPSA) is 50.2 Å². The Kier molecular flexibility index (Phi) is 4.67. The van der Waals surface area contributed by atoms with Crippen LogP contribution in [0.3, 0.4) is 0 Å². The molecule has 3 heterocycles. The van der Waals surface area contributed by atoms with Crippen molar-refractivity contribution in [2.24, 2.45) is 5.92 Å². The minimum Gasteiger partial charge on any atom is -0.352 e. The highest BCUT2D eigenvalue weighted by Gasteiger charge is 2.28. The van der Waals surface area contributed by atoms with E-state index < -0.39 is 0 Å². The van der Waals surface area contributed by atoms with Crippen molar-refractivity contribution in [1.29, 1.82) is 0 Å². The number of thiophene rings is 1. The first-order valence-electron chi connectivity index (χ1n) is 8.85. The number of fused-ring (bicyclic) bond motifs is 1. The van der Waals surface area contributed by atoms with Gasteiger partial charge in [-0.2, -0.15) is 16.4 Å². The van der Waals surface area contributed by atoms with Crippen LogP contribution in [0.15, 0.2) is 29.1 Å². The SMILES string of the molecule is O=C(NCCC1CN(CC2CCC2)Cc2ccnn21)c1ccsc1. The fourth-order valence-corrected chi connectivity index (χ4v) is 4.34. The minimum atomic E-state index is 0.0269. The van der Waals surface area contributed by atoms with E-state index in [-0.39, 0.29) is 5.91 Å². The van der Waals surface area contributed by atoms with Gasteiger partial charge in [0, 0.05) is 43.3 Å². The third-order valence-corrected chi connectivity index (χ3v) is 5.92. The van der Waals surface area contributed by atoms with Gasteiger partial charge in [-0.3, -0.25) is 14.4 Å². The van der Waals surface area contributed by atoms with Gasteiger partial charge < -0.3 is 5.32 Å². The van der Waals surface area contributed by atoms with Crippen molar-refractivity contribution in [2.45, 2.75) is 38.3 Å². The van der Waals surface area contributed by atoms with E-state index in [1.165, 1.54) is 31.5 Å². The summed E-state index contributed by atoms with van der Waals surface area (Å²) in [6.45, 7) is 3.95. The number of aromatic nitrogens is 2. The third-order valence-electron chi connectivity index (χ3n) is 5.24. The molecule has 24 heavy (non-hydrogen) atoms. The Balaban J connectivity index is 1.34. The van der Waals surface area contributed by atoms with Crippen molar-refractivity contribution in [3.8, 4) is 0 Å². The van der Waals surface area contributed by atoms with E-state index in [1.54, 1.807) is 11.3 Å². The van der Waals surface area contributed by atoms with Crippen molar-refractivity contribution in [2.75, 3.05) is 19.6 Å². The lowest BCUT2D eigenvalue weighted by Gasteiger charge is -2.38. The highest BCUT2D eigenvalue weighted by Crippen LogP contribution is 2.30. The molecular weight excluding hydrogens is 320 g/mol. The first-order chi connectivity index (χ1) is 11.8. The number of carbonyl (C=O) groups is 1. The Morgan fingerprint density at radius 3 is 3.04 bits per heavy atom. The second kappa shape index (κ2) is 7.07. The second-order valence-corrected chi connectivity index (χ2v) is 7.75. The van der Waals surface area contributed by atoms with Gasteiger partial charge in [0.1, 0.15) is 0 Å². The molecule has 1 aliphatic carbocycles. The molecule has 5 nitrogen and oxygen atoms in total. The summed E-state index contributed by atoms with van der Waals surface area (Å²) in [5, 5.41) is 11.4. The van der Waals surface area contributed by atoms with Gasteiger partial charge >= 0.3 is 0 Å². The highest BCUT2D eigenvalue weighted by atomic mass is 32.1. The Morgan fingerprint density at radius 1 is 1.38 bits per heavy atom. The number of amides is 1. The summed E-state index contributed by atoms with van der Waals surface area (Å²) in [5.41, 5.74) is 2.06. The minimum absolute atomic E-state index is 0.0269. The van der Waals surface area contributed by atoms with E-state index in [9.17, 15) is 4.79 Å². The van der Waals surface area contributed by atoms with E-state index in [1.807, 2.05) is 23.0 Å². The van der Waals surface area contributed by atoms with Crippen LogP contribution in [0.1, 0.15) is 47.8 Å². The summed E-state index contributed by atoms with van der Waals surface area (Å²) in [6, 6.07) is 4.35. The van der Waals surface area contributed by atoms with Crippen molar-refractivity contribution in [3.05, 3.63) is 40.3 Å². The van der Waals surface area contributed by atoms with Crippen LogP contribution in [0.25, 0.3) is 0 Å². The quantitative estimate of drug-likeness (QED) is 0.876. The van der Waals surface area contributed by atoms with Gasteiger partial charge in [0.25, 0.3) is 5.91 Å². The number of nitrogens with zero attached hydrogens (tertiary/aromatic N) is 3. The molecule has 4 rings (SSSR count). The number of hydrogen-bond acceptors (Lipinski definition) is 4. The summed E-state index contributed by atoms with van der Waals surface area (Å²) >= 11 is 1.55. The van der Waals surface area contributed by atoms with Crippen LogP contribution in [-0.2, 0) is 6.54 Å². The fourth-order valence-electron chi connectivity index (χ4n) is 3.71. The first-order valence-corrected chi connectivity index (χ1v) is 9.79. The van der Waals surface area contributed by atoms with Crippen LogP contribution >= 0.6 is 11.3 Å². The molecular formula is C18H24N4OS. The highest BCUT2D eigenvalue weighted by molar-refractivity contribution is 7.08. The summed E-state index contributed by atoms with van der Waals surface area (Å²) < 4.78 is 2.16. The van der Waals surface area contributed by atoms with Crippen molar-refractivity contribution in [1.82, 2.24) is 20.0 Å². The van der Waals surface area contributed by atoms with Gasteiger partial charge in [-0.1, -0.05) is 6.42 Å². The standard InChI is InChI=1S/C18H24N4OS/c23-18(15-6-9-24-13-15)19-7-4-16-11-21(10-14-2-1-3-14)12-17-5-8-20-22(16)17/h5-6,8-9,13-14,16H,1-4,7,10-12H2,(H,19,23). The molecule has 0 spiro atoms. The molecule has 1 saturated carbocycles. The normalized spacial score (nSPS) is 21.2. The van der Waals surface area contributed by atoms with Gasteiger partial charge in [0.15, 0.2) is 0 Å². The number of nitrogens with one attached hydrogen (secondary N) is 1. The number of carbonyl (C=O) groups excluding carboxylic acids is 1. The summed E-state index contributed by atoms with van der Waals surface area (Å²) in [7, 11) is 0. The first kappa shape index (κ1) is 15.8. The molecule has 0 saturated heterocycles. The average Bonchev–Trinajstić information content (AvgIpc) is 3.22. The molecule has 1 N–H and O–H groups in total. The largest absolute Gasteiger partial charge is 0.352 e. The second-order valence-electron chi connectivity index (χ2n) is 6.97. The number of hydrogen-bond donors (Lipinski definition) is 1. The molecule has 0 bridgehead atoms. The van der Waals surface area contributed by atoms with E-state index in [2.05, 4.69) is 26.1 Å². The maximum Gasteiger partial charge on any atom is 0.252 e. The smallest absolute Gasteiger partial charge is 0.252 e. The molecule has 1 atom stereocenters. The Bertz CT molecular complexity index is 677. The lowest BCUT2D eigenvalue weighted by Crippen LogP contribution is -2.42. The summed E-state index contributed by atoms with van der Waals surface area (Å²) in [5.74, 6) is 0.914. The monoisotopic (exact) mass is 344 g/mol. The summed E-state index contributed by atoms with van der Waals surface area (Å²) in [4.78, 5) is 14.6. The maximum atomic E-state index is 12.1. The van der Waals surface area contributed by atoms with Crippen molar-refractivity contribution < 1.29 is 4.79 Å². The van der Waals surface area contributed by atoms with Gasteiger partial charge in [0.05, 0.1) is 11.7 Å². The lowest BCUT2D eigenvalue weighted by molar-refractivity contribution is 0.0942. The molecule has 1 aliphatic heterocycles. The van der Waals surface area contributed by atoms with Crippen LogP contribution in [0.5, 0.6) is 0 Å². The van der Waals surface area contributed by atoms with Crippen molar-refractivity contribution >= 4 is 17.2 Å². The van der Waals surface area contributed by atoms with Crippen LogP contribution in [0.2, 0.25) is 0 Å². The molecule has 2 aromatic rings. The molecule has 1 fully saturated rings. The van der Waals surface area contributed by atoms with E-state index in [4.69, 9.17) is 0 Å². The molecule has 0 aromatic carbocycles. The average molecular weight is 344 g/mol. The van der Waals surface area contributed by atoms with E-state index in [0.29, 0.717) is 12.6 Å². The van der Waals surface area contributed by atoms with E-state index >= 15 is 0 Å². The van der Waals surface area contributed by atoms with Crippen LogP contribution < -0.4 is 5.32 Å².